The van der Waals surface area contributed by atoms with E-state index in [-0.39, 0.29) is 0 Å². The largest absolute Gasteiger partial charge is 0.309 e. The van der Waals surface area contributed by atoms with Gasteiger partial charge in [0.2, 0.25) is 0 Å². The minimum absolute atomic E-state index is 0.636. The van der Waals surface area contributed by atoms with Crippen LogP contribution in [0.25, 0.3) is 83.6 Å². The van der Waals surface area contributed by atoms with Gasteiger partial charge < -0.3 is 4.57 Å². The van der Waals surface area contributed by atoms with Crippen molar-refractivity contribution in [2.45, 2.75) is 0 Å². The second-order valence-corrected chi connectivity index (χ2v) is 11.7. The lowest BCUT2D eigenvalue weighted by Gasteiger charge is -2.12. The Kier molecular flexibility index (Phi) is 6.43. The first-order chi connectivity index (χ1) is 23.3. The molecule has 0 unspecified atom stereocenters. The van der Waals surface area contributed by atoms with Crippen molar-refractivity contribution in [2.75, 3.05) is 0 Å². The zero-order valence-electron chi connectivity index (χ0n) is 25.5. The van der Waals surface area contributed by atoms with E-state index in [2.05, 4.69) is 114 Å². The third-order valence-electron chi connectivity index (χ3n) is 8.84. The maximum absolute atomic E-state index is 5.00. The molecular formula is C43H28N4. The van der Waals surface area contributed by atoms with Crippen LogP contribution in [-0.4, -0.2) is 19.5 Å². The average molecular weight is 601 g/mol. The van der Waals surface area contributed by atoms with Crippen molar-refractivity contribution >= 4 is 32.6 Å². The summed E-state index contributed by atoms with van der Waals surface area (Å²) in [6.07, 6.45) is 0. The van der Waals surface area contributed by atoms with Gasteiger partial charge in [0.25, 0.3) is 0 Å². The maximum atomic E-state index is 5.00. The van der Waals surface area contributed by atoms with Crippen LogP contribution >= 0.6 is 0 Å². The molecule has 0 aliphatic heterocycles. The average Bonchev–Trinajstić information content (AvgIpc) is 3.49. The van der Waals surface area contributed by atoms with Crippen LogP contribution < -0.4 is 0 Å². The van der Waals surface area contributed by atoms with Crippen molar-refractivity contribution in [1.29, 1.82) is 0 Å². The first-order valence-electron chi connectivity index (χ1n) is 15.8. The number of aromatic nitrogens is 4. The van der Waals surface area contributed by atoms with Crippen molar-refractivity contribution in [2.24, 2.45) is 0 Å². The van der Waals surface area contributed by atoms with Gasteiger partial charge >= 0.3 is 0 Å². The molecular weight excluding hydrogens is 573 g/mol. The van der Waals surface area contributed by atoms with Gasteiger partial charge in [-0.25, -0.2) is 15.0 Å². The first kappa shape index (κ1) is 27.0. The van der Waals surface area contributed by atoms with Gasteiger partial charge in [0.05, 0.1) is 11.0 Å². The van der Waals surface area contributed by atoms with Gasteiger partial charge in [-0.2, -0.15) is 0 Å². The first-order valence-corrected chi connectivity index (χ1v) is 15.8. The highest BCUT2D eigenvalue weighted by Crippen LogP contribution is 2.37. The molecule has 7 aromatic carbocycles. The second kappa shape index (κ2) is 11.2. The lowest BCUT2D eigenvalue weighted by atomic mass is 9.97. The number of hydrogen-bond acceptors (Lipinski definition) is 3. The van der Waals surface area contributed by atoms with E-state index < -0.39 is 0 Å². The number of benzene rings is 7. The number of hydrogen-bond donors (Lipinski definition) is 0. The summed E-state index contributed by atoms with van der Waals surface area (Å²) in [5, 5.41) is 4.92. The van der Waals surface area contributed by atoms with Crippen molar-refractivity contribution < 1.29 is 0 Å². The summed E-state index contributed by atoms with van der Waals surface area (Å²) in [7, 11) is 0. The molecule has 4 nitrogen and oxygen atoms in total. The van der Waals surface area contributed by atoms with E-state index in [1.54, 1.807) is 0 Å². The monoisotopic (exact) mass is 600 g/mol. The van der Waals surface area contributed by atoms with Crippen LogP contribution in [0.1, 0.15) is 0 Å². The molecule has 2 heterocycles. The Morgan fingerprint density at radius 1 is 0.340 bits per heavy atom. The molecule has 0 N–H and O–H groups in total. The normalized spacial score (nSPS) is 11.4. The van der Waals surface area contributed by atoms with Crippen molar-refractivity contribution in [3.63, 3.8) is 0 Å². The molecule has 0 spiro atoms. The Labute approximate surface area is 272 Å². The third-order valence-corrected chi connectivity index (χ3v) is 8.84. The molecule has 2 aromatic heterocycles. The van der Waals surface area contributed by atoms with Crippen LogP contribution in [0.2, 0.25) is 0 Å². The van der Waals surface area contributed by atoms with E-state index in [1.165, 1.54) is 32.7 Å². The molecule has 0 fully saturated rings. The lowest BCUT2D eigenvalue weighted by molar-refractivity contribution is 1.07. The highest BCUT2D eigenvalue weighted by Gasteiger charge is 2.16. The van der Waals surface area contributed by atoms with Crippen LogP contribution in [0.5, 0.6) is 0 Å². The Morgan fingerprint density at radius 2 is 0.894 bits per heavy atom. The molecule has 0 radical (unpaired) electrons. The van der Waals surface area contributed by atoms with E-state index in [9.17, 15) is 0 Å². The summed E-state index contributed by atoms with van der Waals surface area (Å²) in [5.41, 5.74) is 8.59. The summed E-state index contributed by atoms with van der Waals surface area (Å²) in [6.45, 7) is 0. The topological polar surface area (TPSA) is 43.6 Å². The van der Waals surface area contributed by atoms with Crippen molar-refractivity contribution in [1.82, 2.24) is 19.5 Å². The van der Waals surface area contributed by atoms with Gasteiger partial charge in [-0.05, 0) is 46.2 Å². The van der Waals surface area contributed by atoms with Gasteiger partial charge in [-0.1, -0.05) is 146 Å². The number of nitrogens with zero attached hydrogens (tertiary/aromatic N) is 4. The number of rotatable bonds is 5. The predicted octanol–water partition coefficient (Wildman–Crippen LogP) is 10.8. The Bertz CT molecular complexity index is 2510. The summed E-state index contributed by atoms with van der Waals surface area (Å²) in [6, 6.07) is 59.3. The lowest BCUT2D eigenvalue weighted by Crippen LogP contribution is -2.01. The second-order valence-electron chi connectivity index (χ2n) is 11.7. The molecule has 0 bridgehead atoms. The van der Waals surface area contributed by atoms with E-state index in [4.69, 9.17) is 15.0 Å². The fraction of sp³-hybridized carbons (Fsp3) is 0. The van der Waals surface area contributed by atoms with Gasteiger partial charge in [0.1, 0.15) is 0 Å². The summed E-state index contributed by atoms with van der Waals surface area (Å²) < 4.78 is 2.36. The molecule has 0 amide bonds. The highest BCUT2D eigenvalue weighted by atomic mass is 15.0. The molecule has 0 aliphatic rings. The summed E-state index contributed by atoms with van der Waals surface area (Å²) >= 11 is 0. The zero-order chi connectivity index (χ0) is 31.2. The maximum Gasteiger partial charge on any atom is 0.164 e. The number of para-hydroxylation sites is 1. The van der Waals surface area contributed by atoms with Crippen molar-refractivity contribution in [3.05, 3.63) is 170 Å². The van der Waals surface area contributed by atoms with E-state index in [0.717, 1.165) is 33.4 Å². The minimum atomic E-state index is 0.636. The Balaban J connectivity index is 1.24. The third kappa shape index (κ3) is 4.75. The SMILES string of the molecule is c1ccc(-c2nc(-c3ccccc3)nc(-c3cccc(-n4c5ccccc5c5ccc(-c6cccc7ccccc67)cc54)c3)n2)cc1. The molecule has 0 saturated carbocycles. The zero-order valence-corrected chi connectivity index (χ0v) is 25.5. The van der Waals surface area contributed by atoms with E-state index >= 15 is 0 Å². The quantitative estimate of drug-likeness (QED) is 0.197. The predicted molar refractivity (Wildman–Crippen MR) is 193 cm³/mol. The van der Waals surface area contributed by atoms with Gasteiger partial charge in [0, 0.05) is 33.2 Å². The minimum Gasteiger partial charge on any atom is -0.309 e. The van der Waals surface area contributed by atoms with Gasteiger partial charge in [-0.3, -0.25) is 0 Å². The fourth-order valence-corrected chi connectivity index (χ4v) is 6.62. The van der Waals surface area contributed by atoms with Crippen LogP contribution in [0.15, 0.2) is 170 Å². The van der Waals surface area contributed by atoms with Crippen LogP contribution in [0, 0.1) is 0 Å². The Hall–Kier alpha value is -6.39. The molecule has 0 saturated heterocycles. The molecule has 9 aromatic rings. The fourth-order valence-electron chi connectivity index (χ4n) is 6.62. The van der Waals surface area contributed by atoms with Crippen LogP contribution in [-0.2, 0) is 0 Å². The highest BCUT2D eigenvalue weighted by molar-refractivity contribution is 6.11. The van der Waals surface area contributed by atoms with Gasteiger partial charge in [0.15, 0.2) is 17.5 Å². The molecule has 47 heavy (non-hydrogen) atoms. The summed E-state index contributed by atoms with van der Waals surface area (Å²) in [4.78, 5) is 14.9. The van der Waals surface area contributed by atoms with Crippen LogP contribution in [0.3, 0.4) is 0 Å². The van der Waals surface area contributed by atoms with E-state index in [1.807, 2.05) is 60.7 Å². The van der Waals surface area contributed by atoms with Gasteiger partial charge in [-0.15, -0.1) is 0 Å². The van der Waals surface area contributed by atoms with Crippen LogP contribution in [0.4, 0.5) is 0 Å². The smallest absolute Gasteiger partial charge is 0.164 e. The number of fused-ring (bicyclic) bond motifs is 4. The molecule has 4 heteroatoms. The Morgan fingerprint density at radius 3 is 1.64 bits per heavy atom. The standard InChI is InChI=1S/C43H28N4/c1-3-14-30(15-4-1)41-44-42(31-16-5-2-6-17-31)46-43(45-41)33-19-11-20-34(27-33)47-39-24-10-9-22-37(39)38-26-25-32(28-40(38)47)36-23-12-18-29-13-7-8-21-35(29)36/h1-28H. The van der Waals surface area contributed by atoms with Crippen molar-refractivity contribution in [3.8, 4) is 51.0 Å². The molecule has 9 rings (SSSR count). The van der Waals surface area contributed by atoms with E-state index in [0.29, 0.717) is 17.5 Å². The molecule has 0 aliphatic carbocycles. The molecule has 0 atom stereocenters. The summed E-state index contributed by atoms with van der Waals surface area (Å²) in [5.74, 6) is 1.93. The molecule has 220 valence electrons.